The Morgan fingerprint density at radius 1 is 0.304 bits per heavy atom. The first-order valence-electron chi connectivity index (χ1n) is 18.9. The van der Waals surface area contributed by atoms with E-state index in [2.05, 4.69) is 191 Å². The lowest BCUT2D eigenvalue weighted by Gasteiger charge is -2.16. The van der Waals surface area contributed by atoms with Crippen molar-refractivity contribution in [3.63, 3.8) is 0 Å². The molecule has 5 heteroatoms. The molecule has 0 atom stereocenters. The van der Waals surface area contributed by atoms with Gasteiger partial charge in [0, 0.05) is 32.7 Å². The summed E-state index contributed by atoms with van der Waals surface area (Å²) >= 11 is 0. The van der Waals surface area contributed by atoms with Crippen LogP contribution in [-0.4, -0.2) is 24.1 Å². The summed E-state index contributed by atoms with van der Waals surface area (Å²) in [7, 11) is 0. The summed E-state index contributed by atoms with van der Waals surface area (Å²) in [5.74, 6) is 1.78. The van der Waals surface area contributed by atoms with Crippen LogP contribution in [0.5, 0.6) is 0 Å². The highest BCUT2D eigenvalue weighted by molar-refractivity contribution is 6.17. The van der Waals surface area contributed by atoms with Gasteiger partial charge in [-0.15, -0.1) is 0 Å². The quantitative estimate of drug-likeness (QED) is 0.172. The molecule has 0 N–H and O–H groups in total. The minimum Gasteiger partial charge on any atom is -0.308 e. The fourth-order valence-electron chi connectivity index (χ4n) is 8.30. The van der Waals surface area contributed by atoms with E-state index in [1.54, 1.807) is 0 Å². The topological polar surface area (TPSA) is 48.5 Å². The van der Waals surface area contributed by atoms with E-state index >= 15 is 0 Å². The summed E-state index contributed by atoms with van der Waals surface area (Å²) in [4.78, 5) is 15.8. The first-order chi connectivity index (χ1) is 27.8. The zero-order chi connectivity index (χ0) is 37.0. The van der Waals surface area contributed by atoms with Crippen LogP contribution >= 0.6 is 0 Å². The number of benzene rings is 8. The number of hydrogen-bond donors (Lipinski definition) is 0. The maximum absolute atomic E-state index is 5.36. The number of aromatic nitrogens is 5. The molecule has 3 heterocycles. The SMILES string of the molecule is c1ccc(-c2cc(-c3ccccc3)c3c4ccccc4n(-c4ccccc4-c4nc(-c5ccccc5)nc(-n5c6ccccc6c6ccccc65)n4)c3c2)cc1. The summed E-state index contributed by atoms with van der Waals surface area (Å²) in [6.07, 6.45) is 0. The van der Waals surface area contributed by atoms with Crippen LogP contribution in [0.15, 0.2) is 200 Å². The Labute approximate surface area is 323 Å². The molecule has 8 aromatic carbocycles. The maximum Gasteiger partial charge on any atom is 0.238 e. The van der Waals surface area contributed by atoms with Crippen molar-refractivity contribution >= 4 is 43.6 Å². The number of hydrogen-bond acceptors (Lipinski definition) is 3. The van der Waals surface area contributed by atoms with Crippen molar-refractivity contribution in [1.29, 1.82) is 0 Å². The zero-order valence-electron chi connectivity index (χ0n) is 30.3. The number of fused-ring (bicyclic) bond motifs is 6. The molecule has 0 bridgehead atoms. The molecule has 11 aromatic rings. The van der Waals surface area contributed by atoms with Crippen molar-refractivity contribution in [3.8, 4) is 56.7 Å². The molecule has 0 aliphatic heterocycles. The molecule has 0 aliphatic carbocycles. The smallest absolute Gasteiger partial charge is 0.238 e. The zero-order valence-corrected chi connectivity index (χ0v) is 30.3. The molecular formula is C51H33N5. The molecule has 0 spiro atoms. The average Bonchev–Trinajstić information content (AvgIpc) is 3.80. The third kappa shape index (κ3) is 5.13. The fraction of sp³-hybridized carbons (Fsp3) is 0. The first-order valence-corrected chi connectivity index (χ1v) is 18.9. The fourth-order valence-corrected chi connectivity index (χ4v) is 8.30. The highest BCUT2D eigenvalue weighted by Crippen LogP contribution is 2.43. The van der Waals surface area contributed by atoms with Gasteiger partial charge in [0.1, 0.15) is 0 Å². The number of para-hydroxylation sites is 4. The van der Waals surface area contributed by atoms with Gasteiger partial charge in [0.2, 0.25) is 5.95 Å². The van der Waals surface area contributed by atoms with Crippen LogP contribution in [0.1, 0.15) is 0 Å². The molecule has 5 nitrogen and oxygen atoms in total. The summed E-state index contributed by atoms with van der Waals surface area (Å²) in [5, 5.41) is 4.69. The first kappa shape index (κ1) is 31.9. The molecule has 0 fully saturated rings. The van der Waals surface area contributed by atoms with Gasteiger partial charge in [-0.3, -0.25) is 4.57 Å². The Bertz CT molecular complexity index is 3180. The Morgan fingerprint density at radius 3 is 1.46 bits per heavy atom. The van der Waals surface area contributed by atoms with Crippen molar-refractivity contribution in [2.24, 2.45) is 0 Å². The van der Waals surface area contributed by atoms with Gasteiger partial charge in [-0.25, -0.2) is 4.98 Å². The van der Waals surface area contributed by atoms with Gasteiger partial charge in [0.25, 0.3) is 0 Å². The standard InChI is InChI=1S/C51H33N5/c1-4-18-34(19-5-1)37-32-42(35-20-6-2-7-21-35)48-40-26-12-16-30-45(40)55(47(48)33-37)46-31-17-13-27-41(46)50-52-49(36-22-8-3-9-23-36)53-51(54-50)56-43-28-14-10-24-38(43)39-25-11-15-29-44(39)56/h1-33H. The summed E-state index contributed by atoms with van der Waals surface area (Å²) in [6.45, 7) is 0. The van der Waals surface area contributed by atoms with Crippen LogP contribution in [0.25, 0.3) is 100 Å². The van der Waals surface area contributed by atoms with Gasteiger partial charge in [-0.2, -0.15) is 9.97 Å². The highest BCUT2D eigenvalue weighted by Gasteiger charge is 2.23. The Morgan fingerprint density at radius 2 is 0.804 bits per heavy atom. The molecule has 0 saturated heterocycles. The molecule has 0 unspecified atom stereocenters. The second-order valence-corrected chi connectivity index (χ2v) is 14.0. The molecule has 262 valence electrons. The molecule has 11 rings (SSSR count). The molecular weight excluding hydrogens is 683 g/mol. The molecule has 56 heavy (non-hydrogen) atoms. The van der Waals surface area contributed by atoms with Crippen LogP contribution < -0.4 is 0 Å². The third-order valence-corrected chi connectivity index (χ3v) is 10.8. The average molecular weight is 716 g/mol. The normalized spacial score (nSPS) is 11.6. The third-order valence-electron chi connectivity index (χ3n) is 10.8. The summed E-state index contributed by atoms with van der Waals surface area (Å²) in [5.41, 5.74) is 11.8. The van der Waals surface area contributed by atoms with Crippen molar-refractivity contribution < 1.29 is 0 Å². The van der Waals surface area contributed by atoms with E-state index in [9.17, 15) is 0 Å². The van der Waals surface area contributed by atoms with Gasteiger partial charge in [0.05, 0.1) is 27.8 Å². The van der Waals surface area contributed by atoms with E-state index in [1.165, 1.54) is 21.9 Å². The lowest BCUT2D eigenvalue weighted by atomic mass is 9.94. The van der Waals surface area contributed by atoms with Gasteiger partial charge in [0.15, 0.2) is 11.6 Å². The van der Waals surface area contributed by atoms with Crippen molar-refractivity contribution in [1.82, 2.24) is 24.1 Å². The minimum absolute atomic E-state index is 0.570. The number of rotatable bonds is 6. The van der Waals surface area contributed by atoms with Crippen molar-refractivity contribution in [2.45, 2.75) is 0 Å². The van der Waals surface area contributed by atoms with Crippen LogP contribution in [0, 0.1) is 0 Å². The van der Waals surface area contributed by atoms with Crippen LogP contribution in [0.2, 0.25) is 0 Å². The van der Waals surface area contributed by atoms with Gasteiger partial charge < -0.3 is 4.57 Å². The molecule has 3 aromatic heterocycles. The van der Waals surface area contributed by atoms with E-state index < -0.39 is 0 Å². The Kier molecular flexibility index (Phi) is 7.42. The molecule has 0 aliphatic rings. The summed E-state index contributed by atoms with van der Waals surface area (Å²) < 4.78 is 4.56. The van der Waals surface area contributed by atoms with E-state index in [0.29, 0.717) is 17.6 Å². The molecule has 0 saturated carbocycles. The second-order valence-electron chi connectivity index (χ2n) is 14.0. The van der Waals surface area contributed by atoms with E-state index in [-0.39, 0.29) is 0 Å². The lowest BCUT2D eigenvalue weighted by Crippen LogP contribution is -2.07. The van der Waals surface area contributed by atoms with Crippen LogP contribution in [0.4, 0.5) is 0 Å². The summed E-state index contributed by atoms with van der Waals surface area (Å²) in [6, 6.07) is 70.4. The maximum atomic E-state index is 5.36. The van der Waals surface area contributed by atoms with Crippen molar-refractivity contribution in [3.05, 3.63) is 200 Å². The van der Waals surface area contributed by atoms with Crippen molar-refractivity contribution in [2.75, 3.05) is 0 Å². The minimum atomic E-state index is 0.570. The van der Waals surface area contributed by atoms with E-state index in [1.807, 2.05) is 18.2 Å². The van der Waals surface area contributed by atoms with Gasteiger partial charge in [-0.05, 0) is 64.7 Å². The van der Waals surface area contributed by atoms with Crippen LogP contribution in [-0.2, 0) is 0 Å². The van der Waals surface area contributed by atoms with Gasteiger partial charge >= 0.3 is 0 Å². The molecule has 0 amide bonds. The Hall–Kier alpha value is -7.63. The van der Waals surface area contributed by atoms with Gasteiger partial charge in [-0.1, -0.05) is 158 Å². The largest absolute Gasteiger partial charge is 0.308 e. The predicted molar refractivity (Wildman–Crippen MR) is 230 cm³/mol. The van der Waals surface area contributed by atoms with E-state index in [0.717, 1.165) is 60.8 Å². The Balaban J connectivity index is 1.22. The van der Waals surface area contributed by atoms with Crippen LogP contribution in [0.3, 0.4) is 0 Å². The second kappa shape index (κ2) is 13.0. The highest BCUT2D eigenvalue weighted by atomic mass is 15.2. The monoisotopic (exact) mass is 715 g/mol. The van der Waals surface area contributed by atoms with E-state index in [4.69, 9.17) is 15.0 Å². The predicted octanol–water partition coefficient (Wildman–Crippen LogP) is 12.7. The molecule has 0 radical (unpaired) electrons. The lowest BCUT2D eigenvalue weighted by molar-refractivity contribution is 0.951. The number of nitrogens with zero attached hydrogens (tertiary/aromatic N) is 5.